The third-order valence-electron chi connectivity index (χ3n) is 5.79. The number of carbonyl (C=O) groups excluding carboxylic acids is 3. The number of thioether (sulfide) groups is 2. The zero-order valence-corrected chi connectivity index (χ0v) is 26.4. The van der Waals surface area contributed by atoms with E-state index in [1.165, 1.54) is 35.3 Å². The molecule has 2 aliphatic heterocycles. The number of nitrogens with two attached hydrogens (primary N) is 1. The number of oxime groups is 1. The number of benzene rings is 1. The molecular formula is C23H20N7NaO8S3. The van der Waals surface area contributed by atoms with Gasteiger partial charge in [0.05, 0.1) is 11.7 Å². The van der Waals surface area contributed by atoms with E-state index in [0.29, 0.717) is 11.1 Å². The van der Waals surface area contributed by atoms with Gasteiger partial charge in [-0.1, -0.05) is 16.9 Å². The predicted octanol–water partition coefficient (Wildman–Crippen LogP) is -2.87. The number of carboxylic acid groups (broad SMARTS) is 1. The van der Waals surface area contributed by atoms with Crippen molar-refractivity contribution >= 4 is 63.5 Å². The number of carboxylic acids is 1. The third-order valence-corrected chi connectivity index (χ3v) is 8.71. The first kappa shape index (κ1) is 31.6. The number of nitrogens with zero attached hydrogens (tertiary/aromatic N) is 5. The molecule has 2 amide bonds. The Morgan fingerprint density at radius 1 is 1.33 bits per heavy atom. The summed E-state index contributed by atoms with van der Waals surface area (Å²) < 4.78 is 5.58. The smallest absolute Gasteiger partial charge is 0.543 e. The van der Waals surface area contributed by atoms with Crippen LogP contribution in [-0.2, 0) is 19.2 Å². The Hall–Kier alpha value is -3.29. The van der Waals surface area contributed by atoms with Gasteiger partial charge in [0.25, 0.3) is 17.0 Å². The number of aliphatic carboxylic acids is 1. The van der Waals surface area contributed by atoms with E-state index in [9.17, 15) is 29.7 Å². The number of amides is 2. The van der Waals surface area contributed by atoms with Crippen molar-refractivity contribution < 1.29 is 68.5 Å². The Bertz CT molecular complexity index is 1590. The summed E-state index contributed by atoms with van der Waals surface area (Å²) in [6.45, 7) is 1.87. The van der Waals surface area contributed by atoms with Crippen LogP contribution in [0.5, 0.6) is 11.5 Å². The maximum Gasteiger partial charge on any atom is 1.00 e. The monoisotopic (exact) mass is 641 g/mol. The van der Waals surface area contributed by atoms with Gasteiger partial charge in [0.15, 0.2) is 22.3 Å². The average molecular weight is 642 g/mol. The fourth-order valence-corrected chi connectivity index (χ4v) is 6.71. The molecule has 5 N–H and O–H groups in total. The average Bonchev–Trinajstić information content (AvgIpc) is 3.60. The zero-order valence-electron chi connectivity index (χ0n) is 22.0. The molecule has 214 valence electrons. The van der Waals surface area contributed by atoms with Gasteiger partial charge in [-0.25, -0.2) is 4.98 Å². The molecule has 0 aliphatic carbocycles. The minimum atomic E-state index is -1.54. The molecule has 0 unspecified atom stereocenters. The second kappa shape index (κ2) is 13.3. The van der Waals surface area contributed by atoms with Crippen LogP contribution in [0.1, 0.15) is 12.6 Å². The summed E-state index contributed by atoms with van der Waals surface area (Å²) in [4.78, 5) is 48.3. The normalized spacial score (nSPS) is 18.2. The minimum absolute atomic E-state index is 0. The first-order valence-corrected chi connectivity index (χ1v) is 14.7. The summed E-state index contributed by atoms with van der Waals surface area (Å²) >= 11 is 3.43. The van der Waals surface area contributed by atoms with Crippen LogP contribution in [0, 0.1) is 0 Å². The fraction of sp³-hybridized carbons (Fsp3) is 0.261. The largest absolute Gasteiger partial charge is 1.00 e. The van der Waals surface area contributed by atoms with E-state index < -0.39 is 29.2 Å². The first-order chi connectivity index (χ1) is 19.7. The van der Waals surface area contributed by atoms with Crippen molar-refractivity contribution in [3.8, 4) is 23.0 Å². The molecule has 15 nitrogen and oxygen atoms in total. The molecule has 2 atom stereocenters. The van der Waals surface area contributed by atoms with Gasteiger partial charge < -0.3 is 40.4 Å². The summed E-state index contributed by atoms with van der Waals surface area (Å²) in [5.74, 6) is -3.13. The van der Waals surface area contributed by atoms with Crippen molar-refractivity contribution in [1.82, 2.24) is 25.4 Å². The van der Waals surface area contributed by atoms with E-state index in [1.807, 2.05) is 0 Å². The summed E-state index contributed by atoms with van der Waals surface area (Å²) in [5.41, 5.74) is 6.17. The fourth-order valence-electron chi connectivity index (χ4n) is 3.91. The van der Waals surface area contributed by atoms with E-state index >= 15 is 0 Å². The van der Waals surface area contributed by atoms with E-state index in [0.717, 1.165) is 28.0 Å². The van der Waals surface area contributed by atoms with Crippen LogP contribution in [0.3, 0.4) is 0 Å². The summed E-state index contributed by atoms with van der Waals surface area (Å²) in [5, 5.41) is 46.7. The Morgan fingerprint density at radius 2 is 2.12 bits per heavy atom. The van der Waals surface area contributed by atoms with Crippen molar-refractivity contribution in [2.24, 2.45) is 5.16 Å². The Kier molecular flexibility index (Phi) is 10.1. The number of fused-ring (bicyclic) bond motifs is 1. The molecule has 2 aromatic heterocycles. The molecule has 3 aromatic rings. The number of aromatic hydroxyl groups is 2. The van der Waals surface area contributed by atoms with Gasteiger partial charge in [0.2, 0.25) is 5.89 Å². The maximum atomic E-state index is 13.0. The van der Waals surface area contributed by atoms with E-state index in [4.69, 9.17) is 15.0 Å². The van der Waals surface area contributed by atoms with E-state index in [1.54, 1.807) is 6.92 Å². The van der Waals surface area contributed by atoms with Crippen LogP contribution in [0.25, 0.3) is 11.5 Å². The number of hydrogen-bond donors (Lipinski definition) is 4. The quantitative estimate of drug-likeness (QED) is 0.0436. The van der Waals surface area contributed by atoms with Gasteiger partial charge in [-0.2, -0.15) is 0 Å². The number of β-lactam (4-membered cyclic amide) rings is 1. The number of hydrogen-bond acceptors (Lipinski definition) is 16. The zero-order chi connectivity index (χ0) is 29.3. The van der Waals surface area contributed by atoms with Gasteiger partial charge in [0, 0.05) is 22.4 Å². The molecule has 1 saturated heterocycles. The third kappa shape index (κ3) is 6.37. The molecule has 0 saturated carbocycles. The predicted molar refractivity (Wildman–Crippen MR) is 146 cm³/mol. The SMILES string of the molecule is CCON=C(C(=O)N[C@@H]1C(=O)N2C(C(=O)[O-])=C(CSc3nnc(-c4ccc(O)c(O)c4)o3)CS[C@@H]12)c1csc(N)n1.[Na+]. The molecule has 0 spiro atoms. The number of nitrogen functional groups attached to an aromatic ring is 1. The van der Waals surface area contributed by atoms with Crippen LogP contribution in [-0.4, -0.2) is 83.3 Å². The van der Waals surface area contributed by atoms with Crippen LogP contribution in [0.4, 0.5) is 5.13 Å². The van der Waals surface area contributed by atoms with Gasteiger partial charge >= 0.3 is 29.6 Å². The second-order valence-electron chi connectivity index (χ2n) is 8.39. The van der Waals surface area contributed by atoms with Gasteiger partial charge in [-0.3, -0.25) is 14.5 Å². The van der Waals surface area contributed by atoms with Crippen molar-refractivity contribution in [2.75, 3.05) is 23.8 Å². The molecule has 4 heterocycles. The standard InChI is InChI=1S/C23H21N7O8S3.Na/c1-2-37-29-14(11-8-40-22(24)25-11)17(33)26-15-19(34)30-16(21(35)36)10(6-39-20(15)30)7-41-23-28-27-18(38-23)9-3-4-12(31)13(32)5-9;/h3-5,8,15,20,31-32H,2,6-7H2,1H3,(H2,24,25)(H,26,33)(H,35,36);/q;+1/p-1/t15-,20+;/m1./s1. The molecular weight excluding hydrogens is 621 g/mol. The Labute approximate surface area is 271 Å². The number of nitrogens with one attached hydrogen (secondary N) is 1. The van der Waals surface area contributed by atoms with Crippen molar-refractivity contribution in [1.29, 1.82) is 0 Å². The minimum Gasteiger partial charge on any atom is -0.543 e. The second-order valence-corrected chi connectivity index (χ2v) is 11.3. The molecule has 2 aliphatic rings. The molecule has 5 rings (SSSR count). The maximum absolute atomic E-state index is 13.0. The number of carbonyl (C=O) groups is 3. The topological polar surface area (TPSA) is 229 Å². The van der Waals surface area contributed by atoms with Gasteiger partial charge in [0.1, 0.15) is 23.7 Å². The van der Waals surface area contributed by atoms with Crippen LogP contribution < -0.4 is 45.7 Å². The molecule has 1 aromatic carbocycles. The molecule has 42 heavy (non-hydrogen) atoms. The molecule has 19 heteroatoms. The summed E-state index contributed by atoms with van der Waals surface area (Å²) in [6.07, 6.45) is 0. The number of phenols is 2. The van der Waals surface area contributed by atoms with Gasteiger partial charge in [-0.15, -0.1) is 33.3 Å². The molecule has 0 radical (unpaired) electrons. The molecule has 0 bridgehead atoms. The Morgan fingerprint density at radius 3 is 2.79 bits per heavy atom. The number of phenolic OH excluding ortho intramolecular Hbond substituents is 2. The number of anilines is 1. The number of thiazole rings is 1. The first-order valence-electron chi connectivity index (χ1n) is 11.8. The summed E-state index contributed by atoms with van der Waals surface area (Å²) in [6, 6.07) is 3.00. The molecule has 1 fully saturated rings. The van der Waals surface area contributed by atoms with Crippen molar-refractivity contribution in [2.45, 2.75) is 23.6 Å². The van der Waals surface area contributed by atoms with Crippen LogP contribution in [0.15, 0.2) is 49.6 Å². The number of aromatic nitrogens is 3. The van der Waals surface area contributed by atoms with Crippen molar-refractivity contribution in [3.63, 3.8) is 0 Å². The summed E-state index contributed by atoms with van der Waals surface area (Å²) in [7, 11) is 0. The Balaban J connectivity index is 0.00000405. The van der Waals surface area contributed by atoms with Crippen LogP contribution in [0.2, 0.25) is 0 Å². The van der Waals surface area contributed by atoms with E-state index in [2.05, 4.69) is 25.7 Å². The van der Waals surface area contributed by atoms with E-state index in [-0.39, 0.29) is 92.5 Å². The number of rotatable bonds is 10. The van der Waals surface area contributed by atoms with Crippen molar-refractivity contribution in [3.05, 3.63) is 40.5 Å². The van der Waals surface area contributed by atoms with Crippen LogP contribution >= 0.6 is 34.9 Å². The van der Waals surface area contributed by atoms with Gasteiger partial charge in [-0.05, 0) is 30.7 Å².